The van der Waals surface area contributed by atoms with E-state index >= 15 is 0 Å². The minimum Gasteiger partial charge on any atom is -0.375 e. The molecule has 0 aliphatic carbocycles. The van der Waals surface area contributed by atoms with Crippen molar-refractivity contribution < 1.29 is 13.2 Å². The van der Waals surface area contributed by atoms with Gasteiger partial charge in [0, 0.05) is 12.6 Å². The van der Waals surface area contributed by atoms with Crippen molar-refractivity contribution in [1.29, 1.82) is 5.26 Å². The molecule has 0 radical (unpaired) electrons. The molecule has 1 heterocycles. The Kier molecular flexibility index (Phi) is 4.30. The number of morpholine rings is 1. The molecule has 3 atom stereocenters. The van der Waals surface area contributed by atoms with E-state index in [1.165, 1.54) is 4.31 Å². The number of hydrogen-bond donors (Lipinski definition) is 0. The van der Waals surface area contributed by atoms with Gasteiger partial charge in [0.05, 0.1) is 18.8 Å². The average Bonchev–Trinajstić information content (AvgIpc) is 2.23. The highest BCUT2D eigenvalue weighted by Gasteiger charge is 2.37. The fourth-order valence-corrected chi connectivity index (χ4v) is 3.62. The lowest BCUT2D eigenvalue weighted by molar-refractivity contribution is -0.0172. The lowest BCUT2D eigenvalue weighted by atomic mass is 10.2. The minimum atomic E-state index is -3.51. The Bertz CT molecular complexity index is 374. The molecule has 92 valence electrons. The summed E-state index contributed by atoms with van der Waals surface area (Å²) in [5, 5.41) is 7.91. The van der Waals surface area contributed by atoms with Gasteiger partial charge in [-0.2, -0.15) is 9.57 Å². The Labute approximate surface area is 97.0 Å². The topological polar surface area (TPSA) is 70.4 Å². The third kappa shape index (κ3) is 2.54. The van der Waals surface area contributed by atoms with Crippen LogP contribution in [-0.2, 0) is 14.8 Å². The molecule has 0 spiro atoms. The van der Waals surface area contributed by atoms with E-state index in [9.17, 15) is 8.42 Å². The molecule has 16 heavy (non-hydrogen) atoms. The van der Waals surface area contributed by atoms with Gasteiger partial charge in [-0.15, -0.1) is 0 Å². The maximum absolute atomic E-state index is 12.2. The van der Waals surface area contributed by atoms with Crippen LogP contribution in [0.4, 0.5) is 0 Å². The van der Waals surface area contributed by atoms with E-state index in [0.29, 0.717) is 19.6 Å². The molecule has 1 saturated heterocycles. The Hall–Kier alpha value is -0.640. The summed E-state index contributed by atoms with van der Waals surface area (Å²) in [4.78, 5) is 0. The molecule has 0 bridgehead atoms. The summed E-state index contributed by atoms with van der Waals surface area (Å²) in [7, 11) is -3.51. The second-order valence-corrected chi connectivity index (χ2v) is 6.20. The molecule has 0 aromatic rings. The molecule has 1 aliphatic heterocycles. The van der Waals surface area contributed by atoms with Crippen molar-refractivity contribution in [2.45, 2.75) is 44.6 Å². The summed E-state index contributed by atoms with van der Waals surface area (Å²) in [5.41, 5.74) is 0. The molecular weight excluding hydrogens is 228 g/mol. The zero-order chi connectivity index (χ0) is 12.3. The molecule has 3 unspecified atom stereocenters. The summed E-state index contributed by atoms with van der Waals surface area (Å²) in [6.45, 7) is 6.07. The standard InChI is InChI=1S/C10H18N2O3S/c1-4-10(5-11)16(13,14)12-6-9(3)15-7-8(12)2/h8-10H,4,6-7H2,1-3H3. The Balaban J connectivity index is 2.94. The first-order valence-corrected chi connectivity index (χ1v) is 6.95. The van der Waals surface area contributed by atoms with Crippen molar-refractivity contribution >= 4 is 10.0 Å². The SMILES string of the molecule is CCC(C#N)S(=O)(=O)N1CC(C)OCC1C. The quantitative estimate of drug-likeness (QED) is 0.736. The van der Waals surface area contributed by atoms with Crippen LogP contribution in [0.3, 0.4) is 0 Å². The van der Waals surface area contributed by atoms with Gasteiger partial charge in [0.25, 0.3) is 0 Å². The maximum Gasteiger partial charge on any atom is 0.230 e. The number of sulfonamides is 1. The Morgan fingerprint density at radius 1 is 1.56 bits per heavy atom. The normalized spacial score (nSPS) is 29.6. The molecule has 0 saturated carbocycles. The van der Waals surface area contributed by atoms with Crippen LogP contribution in [0.1, 0.15) is 27.2 Å². The van der Waals surface area contributed by atoms with E-state index in [1.54, 1.807) is 13.8 Å². The summed E-state index contributed by atoms with van der Waals surface area (Å²) >= 11 is 0. The van der Waals surface area contributed by atoms with E-state index in [2.05, 4.69) is 0 Å². The van der Waals surface area contributed by atoms with E-state index in [1.807, 2.05) is 13.0 Å². The van der Waals surface area contributed by atoms with Gasteiger partial charge >= 0.3 is 0 Å². The molecule has 1 rings (SSSR count). The van der Waals surface area contributed by atoms with Gasteiger partial charge < -0.3 is 4.74 Å². The molecule has 1 aliphatic rings. The predicted molar refractivity (Wildman–Crippen MR) is 60.2 cm³/mol. The molecular formula is C10H18N2O3S. The third-order valence-corrected chi connectivity index (χ3v) is 5.07. The fraction of sp³-hybridized carbons (Fsp3) is 0.900. The minimum absolute atomic E-state index is 0.109. The van der Waals surface area contributed by atoms with Crippen LogP contribution < -0.4 is 0 Å². The molecule has 0 N–H and O–H groups in total. The number of ether oxygens (including phenoxy) is 1. The van der Waals surface area contributed by atoms with Gasteiger partial charge in [0.15, 0.2) is 5.25 Å². The van der Waals surface area contributed by atoms with Gasteiger partial charge in [-0.25, -0.2) is 8.42 Å². The first-order valence-electron chi connectivity index (χ1n) is 5.45. The zero-order valence-corrected chi connectivity index (χ0v) is 10.7. The van der Waals surface area contributed by atoms with Gasteiger partial charge in [0.2, 0.25) is 10.0 Å². The largest absolute Gasteiger partial charge is 0.375 e. The van der Waals surface area contributed by atoms with Crippen LogP contribution in [0.25, 0.3) is 0 Å². The van der Waals surface area contributed by atoms with Gasteiger partial charge in [-0.1, -0.05) is 6.92 Å². The summed E-state index contributed by atoms with van der Waals surface area (Å²) in [5.74, 6) is 0. The fourth-order valence-electron chi connectivity index (χ4n) is 1.76. The smallest absolute Gasteiger partial charge is 0.230 e. The van der Waals surface area contributed by atoms with Crippen LogP contribution in [0.15, 0.2) is 0 Å². The van der Waals surface area contributed by atoms with Crippen molar-refractivity contribution in [3.8, 4) is 6.07 Å². The van der Waals surface area contributed by atoms with Crippen molar-refractivity contribution in [2.24, 2.45) is 0 Å². The molecule has 0 aromatic heterocycles. The van der Waals surface area contributed by atoms with Crippen molar-refractivity contribution in [3.05, 3.63) is 0 Å². The van der Waals surface area contributed by atoms with Crippen LogP contribution in [0.5, 0.6) is 0 Å². The second-order valence-electron chi connectivity index (χ2n) is 4.13. The van der Waals surface area contributed by atoms with Gasteiger partial charge in [-0.3, -0.25) is 0 Å². The number of nitrogens with zero attached hydrogens (tertiary/aromatic N) is 2. The van der Waals surface area contributed by atoms with Gasteiger partial charge in [-0.05, 0) is 20.3 Å². The first-order chi connectivity index (χ1) is 7.43. The number of nitriles is 1. The van der Waals surface area contributed by atoms with Crippen molar-refractivity contribution in [1.82, 2.24) is 4.31 Å². The van der Waals surface area contributed by atoms with Crippen LogP contribution in [0.2, 0.25) is 0 Å². The van der Waals surface area contributed by atoms with Gasteiger partial charge in [0.1, 0.15) is 0 Å². The molecule has 0 amide bonds. The van der Waals surface area contributed by atoms with E-state index in [4.69, 9.17) is 10.00 Å². The lowest BCUT2D eigenvalue weighted by Gasteiger charge is -2.36. The number of rotatable bonds is 3. The van der Waals surface area contributed by atoms with Crippen LogP contribution in [-0.4, -0.2) is 43.3 Å². The summed E-state index contributed by atoms with van der Waals surface area (Å²) < 4.78 is 31.1. The molecule has 0 aromatic carbocycles. The van der Waals surface area contributed by atoms with E-state index < -0.39 is 15.3 Å². The Morgan fingerprint density at radius 2 is 2.19 bits per heavy atom. The molecule has 6 heteroatoms. The summed E-state index contributed by atoms with van der Waals surface area (Å²) in [6, 6.07) is 1.66. The molecule has 1 fully saturated rings. The maximum atomic E-state index is 12.2. The lowest BCUT2D eigenvalue weighted by Crippen LogP contribution is -2.52. The third-order valence-electron chi connectivity index (χ3n) is 2.75. The highest BCUT2D eigenvalue weighted by atomic mass is 32.2. The predicted octanol–water partition coefficient (Wildman–Crippen LogP) is 0.728. The summed E-state index contributed by atoms with van der Waals surface area (Å²) in [6.07, 6.45) is 0.208. The number of hydrogen-bond acceptors (Lipinski definition) is 4. The van der Waals surface area contributed by atoms with E-state index in [0.717, 1.165) is 0 Å². The van der Waals surface area contributed by atoms with Crippen LogP contribution >= 0.6 is 0 Å². The molecule has 5 nitrogen and oxygen atoms in total. The highest BCUT2D eigenvalue weighted by molar-refractivity contribution is 7.90. The average molecular weight is 246 g/mol. The van der Waals surface area contributed by atoms with Crippen molar-refractivity contribution in [3.63, 3.8) is 0 Å². The Morgan fingerprint density at radius 3 is 2.69 bits per heavy atom. The zero-order valence-electron chi connectivity index (χ0n) is 9.88. The first kappa shape index (κ1) is 13.4. The highest BCUT2D eigenvalue weighted by Crippen LogP contribution is 2.20. The van der Waals surface area contributed by atoms with E-state index in [-0.39, 0.29) is 12.1 Å². The monoisotopic (exact) mass is 246 g/mol. The van der Waals surface area contributed by atoms with Crippen molar-refractivity contribution in [2.75, 3.05) is 13.2 Å². The second kappa shape index (κ2) is 5.13. The van der Waals surface area contributed by atoms with Crippen LogP contribution in [0, 0.1) is 11.3 Å².